The molecule has 0 spiro atoms. The molecular weight excluding hydrogens is 270 g/mol. The van der Waals surface area contributed by atoms with Crippen molar-refractivity contribution in [2.75, 3.05) is 11.4 Å². The summed E-state index contributed by atoms with van der Waals surface area (Å²) in [6, 6.07) is 13.2. The Hall–Kier alpha value is -2.27. The Bertz CT molecular complexity index is 706. The molecule has 0 saturated carbocycles. The molecule has 1 aromatic carbocycles. The maximum Gasteiger partial charge on any atom is 0.278 e. The number of hydrogen-bond acceptors (Lipinski definition) is 4. The molecule has 0 fully saturated rings. The Balaban J connectivity index is 1.99. The Morgan fingerprint density at radius 3 is 2.70 bits per heavy atom. The van der Waals surface area contributed by atoms with Crippen molar-refractivity contribution >= 4 is 32.6 Å². The number of carbonyl (C=O) groups is 1. The molecular formula is C15H13N3OS. The van der Waals surface area contributed by atoms with Gasteiger partial charge in [0, 0.05) is 12.7 Å². The molecule has 0 atom stereocenters. The van der Waals surface area contributed by atoms with Gasteiger partial charge < -0.3 is 0 Å². The number of hydrogen-bond donors (Lipinski definition) is 0. The molecule has 0 aliphatic carbocycles. The molecule has 0 N–H and O–H groups in total. The normalized spacial score (nSPS) is 10.7. The van der Waals surface area contributed by atoms with Gasteiger partial charge in [0.2, 0.25) is 0 Å². The predicted molar refractivity (Wildman–Crippen MR) is 81.2 cm³/mol. The van der Waals surface area contributed by atoms with Gasteiger partial charge in [0.15, 0.2) is 5.13 Å². The van der Waals surface area contributed by atoms with Crippen molar-refractivity contribution in [1.82, 2.24) is 9.97 Å². The predicted octanol–water partition coefficient (Wildman–Crippen LogP) is 3.36. The van der Waals surface area contributed by atoms with E-state index in [0.717, 1.165) is 10.2 Å². The minimum absolute atomic E-state index is 0.118. The number of anilines is 1. The quantitative estimate of drug-likeness (QED) is 0.740. The van der Waals surface area contributed by atoms with Gasteiger partial charge in [-0.3, -0.25) is 14.7 Å². The summed E-state index contributed by atoms with van der Waals surface area (Å²) in [6.45, 7) is 2.50. The zero-order valence-corrected chi connectivity index (χ0v) is 11.8. The number of rotatable bonds is 3. The number of fused-ring (bicyclic) bond motifs is 1. The number of thiazole rings is 1. The van der Waals surface area contributed by atoms with Crippen LogP contribution in [0.3, 0.4) is 0 Å². The van der Waals surface area contributed by atoms with Crippen LogP contribution in [0.4, 0.5) is 5.13 Å². The molecule has 3 aromatic rings. The largest absolute Gasteiger partial charge is 0.283 e. The first kappa shape index (κ1) is 12.7. The molecule has 0 radical (unpaired) electrons. The van der Waals surface area contributed by atoms with Crippen LogP contribution < -0.4 is 4.90 Å². The fraction of sp³-hybridized carbons (Fsp3) is 0.133. The van der Waals surface area contributed by atoms with E-state index in [0.29, 0.717) is 17.4 Å². The maximum absolute atomic E-state index is 12.5. The highest BCUT2D eigenvalue weighted by Gasteiger charge is 2.20. The first-order valence-electron chi connectivity index (χ1n) is 6.38. The van der Waals surface area contributed by atoms with Gasteiger partial charge in [0.1, 0.15) is 5.69 Å². The summed E-state index contributed by atoms with van der Waals surface area (Å²) in [6.07, 6.45) is 1.62. The van der Waals surface area contributed by atoms with E-state index in [1.807, 2.05) is 37.3 Å². The van der Waals surface area contributed by atoms with Crippen LogP contribution in [0.1, 0.15) is 17.4 Å². The van der Waals surface area contributed by atoms with Gasteiger partial charge in [-0.15, -0.1) is 0 Å². The lowest BCUT2D eigenvalue weighted by Crippen LogP contribution is -2.31. The van der Waals surface area contributed by atoms with E-state index in [-0.39, 0.29) is 5.91 Å². The van der Waals surface area contributed by atoms with Crippen LogP contribution in [0.2, 0.25) is 0 Å². The van der Waals surface area contributed by atoms with E-state index in [2.05, 4.69) is 9.97 Å². The van der Waals surface area contributed by atoms with Gasteiger partial charge in [-0.25, -0.2) is 4.98 Å². The summed E-state index contributed by atoms with van der Waals surface area (Å²) in [5, 5.41) is 0.712. The number of amides is 1. The SMILES string of the molecule is CCN(C(=O)c1ccccn1)c1nc2ccccc2s1. The minimum atomic E-state index is -0.118. The lowest BCUT2D eigenvalue weighted by molar-refractivity contribution is 0.0983. The van der Waals surface area contributed by atoms with Gasteiger partial charge in [0.05, 0.1) is 10.2 Å². The third-order valence-electron chi connectivity index (χ3n) is 2.96. The molecule has 20 heavy (non-hydrogen) atoms. The molecule has 100 valence electrons. The minimum Gasteiger partial charge on any atom is -0.283 e. The van der Waals surface area contributed by atoms with Crippen molar-refractivity contribution in [3.63, 3.8) is 0 Å². The summed E-state index contributed by atoms with van der Waals surface area (Å²) < 4.78 is 1.08. The molecule has 4 nitrogen and oxygen atoms in total. The monoisotopic (exact) mass is 283 g/mol. The standard InChI is InChI=1S/C15H13N3OS/c1-2-18(14(19)12-8-5-6-10-16-12)15-17-11-7-3-4-9-13(11)20-15/h3-10H,2H2,1H3. The first-order valence-corrected chi connectivity index (χ1v) is 7.19. The van der Waals surface area contributed by atoms with Crippen LogP contribution in [0.25, 0.3) is 10.2 Å². The zero-order valence-electron chi connectivity index (χ0n) is 11.0. The number of pyridine rings is 1. The smallest absolute Gasteiger partial charge is 0.278 e. The molecule has 0 bridgehead atoms. The van der Waals surface area contributed by atoms with Crippen molar-refractivity contribution in [2.24, 2.45) is 0 Å². The average Bonchev–Trinajstić information content (AvgIpc) is 2.92. The highest BCUT2D eigenvalue weighted by molar-refractivity contribution is 7.22. The van der Waals surface area contributed by atoms with Crippen LogP contribution in [0.5, 0.6) is 0 Å². The summed E-state index contributed by atoms with van der Waals surface area (Å²) in [5.74, 6) is -0.118. The Labute approximate surface area is 120 Å². The van der Waals surface area contributed by atoms with Crippen LogP contribution in [0.15, 0.2) is 48.7 Å². The second-order valence-corrected chi connectivity index (χ2v) is 5.24. The summed E-state index contributed by atoms with van der Waals surface area (Å²) in [4.78, 5) is 22.8. The molecule has 0 aliphatic heterocycles. The summed E-state index contributed by atoms with van der Waals surface area (Å²) >= 11 is 1.52. The van der Waals surface area contributed by atoms with Gasteiger partial charge in [-0.05, 0) is 31.2 Å². The molecule has 1 amide bonds. The number of carbonyl (C=O) groups excluding carboxylic acids is 1. The number of aromatic nitrogens is 2. The fourth-order valence-corrected chi connectivity index (χ4v) is 3.00. The third kappa shape index (κ3) is 2.28. The van der Waals surface area contributed by atoms with Crippen molar-refractivity contribution in [3.05, 3.63) is 54.4 Å². The maximum atomic E-state index is 12.5. The molecule has 0 aliphatic rings. The van der Waals surface area contributed by atoms with Gasteiger partial charge in [-0.2, -0.15) is 0 Å². The Morgan fingerprint density at radius 1 is 1.20 bits per heavy atom. The summed E-state index contributed by atoms with van der Waals surface area (Å²) in [7, 11) is 0. The van der Waals surface area contributed by atoms with Crippen LogP contribution in [-0.4, -0.2) is 22.4 Å². The fourth-order valence-electron chi connectivity index (χ4n) is 1.97. The topological polar surface area (TPSA) is 46.1 Å². The van der Waals surface area contributed by atoms with Gasteiger partial charge >= 0.3 is 0 Å². The van der Waals surface area contributed by atoms with E-state index < -0.39 is 0 Å². The van der Waals surface area contributed by atoms with Crippen LogP contribution in [-0.2, 0) is 0 Å². The molecule has 0 saturated heterocycles. The zero-order chi connectivity index (χ0) is 13.9. The van der Waals surface area contributed by atoms with Gasteiger partial charge in [-0.1, -0.05) is 29.5 Å². The van der Waals surface area contributed by atoms with Crippen LogP contribution >= 0.6 is 11.3 Å². The number of benzene rings is 1. The number of para-hydroxylation sites is 1. The van der Waals surface area contributed by atoms with Crippen molar-refractivity contribution in [3.8, 4) is 0 Å². The molecule has 3 rings (SSSR count). The second-order valence-electron chi connectivity index (χ2n) is 4.23. The van der Waals surface area contributed by atoms with Crippen LogP contribution in [0, 0.1) is 0 Å². The van der Waals surface area contributed by atoms with Crippen molar-refractivity contribution < 1.29 is 4.79 Å². The van der Waals surface area contributed by atoms with E-state index in [4.69, 9.17) is 0 Å². The Morgan fingerprint density at radius 2 is 2.00 bits per heavy atom. The lowest BCUT2D eigenvalue weighted by Gasteiger charge is -2.16. The molecule has 2 heterocycles. The Kier molecular flexibility index (Phi) is 3.43. The van der Waals surface area contributed by atoms with Crippen molar-refractivity contribution in [2.45, 2.75) is 6.92 Å². The average molecular weight is 283 g/mol. The van der Waals surface area contributed by atoms with E-state index in [9.17, 15) is 4.79 Å². The van der Waals surface area contributed by atoms with E-state index in [1.165, 1.54) is 11.3 Å². The van der Waals surface area contributed by atoms with E-state index >= 15 is 0 Å². The van der Waals surface area contributed by atoms with E-state index in [1.54, 1.807) is 23.2 Å². The van der Waals surface area contributed by atoms with Crippen molar-refractivity contribution in [1.29, 1.82) is 0 Å². The van der Waals surface area contributed by atoms with Gasteiger partial charge in [0.25, 0.3) is 5.91 Å². The molecule has 2 aromatic heterocycles. The number of nitrogens with zero attached hydrogens (tertiary/aromatic N) is 3. The third-order valence-corrected chi connectivity index (χ3v) is 4.02. The highest BCUT2D eigenvalue weighted by atomic mass is 32.1. The molecule has 5 heteroatoms. The highest BCUT2D eigenvalue weighted by Crippen LogP contribution is 2.29. The first-order chi connectivity index (χ1) is 9.79. The lowest BCUT2D eigenvalue weighted by atomic mass is 10.3. The molecule has 0 unspecified atom stereocenters. The second kappa shape index (κ2) is 5.38. The summed E-state index contributed by atoms with van der Waals surface area (Å²) in [5.41, 5.74) is 1.35.